The first kappa shape index (κ1) is 20.9. The maximum atomic E-state index is 13.0. The van der Waals surface area contributed by atoms with E-state index in [1.807, 2.05) is 37.8 Å². The molecule has 1 aliphatic carbocycles. The van der Waals surface area contributed by atoms with Crippen molar-refractivity contribution < 1.29 is 4.79 Å². The van der Waals surface area contributed by atoms with Crippen LogP contribution in [0.25, 0.3) is 11.1 Å². The molecule has 1 amide bonds. The molecule has 5 rings (SSSR count). The van der Waals surface area contributed by atoms with Crippen molar-refractivity contribution in [2.24, 2.45) is 12.5 Å². The number of nitrogens with one attached hydrogen (secondary N) is 1. The van der Waals surface area contributed by atoms with Gasteiger partial charge in [0.2, 0.25) is 0 Å². The van der Waals surface area contributed by atoms with Gasteiger partial charge in [-0.15, -0.1) is 0 Å². The van der Waals surface area contributed by atoms with Crippen molar-refractivity contribution in [1.82, 2.24) is 24.5 Å². The smallest absolute Gasteiger partial charge is 0.252 e. The van der Waals surface area contributed by atoms with Crippen LogP contribution in [0, 0.1) is 5.41 Å². The zero-order valence-corrected chi connectivity index (χ0v) is 19.4. The summed E-state index contributed by atoms with van der Waals surface area (Å²) in [5.74, 6) is 0.693. The molecule has 0 saturated heterocycles. The molecule has 1 N–H and O–H groups in total. The van der Waals surface area contributed by atoms with Crippen LogP contribution in [-0.2, 0) is 24.8 Å². The Hall–Kier alpha value is -2.93. The van der Waals surface area contributed by atoms with Gasteiger partial charge in [-0.2, -0.15) is 10.2 Å². The van der Waals surface area contributed by atoms with E-state index in [-0.39, 0.29) is 11.3 Å². The van der Waals surface area contributed by atoms with Crippen LogP contribution in [0.3, 0.4) is 0 Å². The monoisotopic (exact) mass is 450 g/mol. The van der Waals surface area contributed by atoms with Crippen molar-refractivity contribution >= 4 is 23.3 Å². The highest BCUT2D eigenvalue weighted by atomic mass is 35.5. The molecular formula is C24H27ClN6O. The van der Waals surface area contributed by atoms with Gasteiger partial charge >= 0.3 is 0 Å². The molecule has 8 heteroatoms. The van der Waals surface area contributed by atoms with Crippen molar-refractivity contribution in [3.05, 3.63) is 58.8 Å². The summed E-state index contributed by atoms with van der Waals surface area (Å²) < 4.78 is 3.86. The van der Waals surface area contributed by atoms with Crippen LogP contribution >= 0.6 is 11.6 Å². The van der Waals surface area contributed by atoms with E-state index in [0.717, 1.165) is 42.5 Å². The maximum absolute atomic E-state index is 13.0. The minimum atomic E-state index is -0.110. The molecule has 0 fully saturated rings. The first-order valence-corrected chi connectivity index (χ1v) is 11.4. The SMILES string of the molecule is Cn1cc([C@H]2CCC=C(C(=O)Nc3cc(-c4cnn5c4CC(C)(C)C5)c(Cl)cn3)C2)cn1. The van der Waals surface area contributed by atoms with E-state index >= 15 is 0 Å². The van der Waals surface area contributed by atoms with Gasteiger partial charge in [0.1, 0.15) is 5.82 Å². The number of pyridine rings is 1. The highest BCUT2D eigenvalue weighted by Gasteiger charge is 2.32. The highest BCUT2D eigenvalue weighted by Crippen LogP contribution is 2.39. The quantitative estimate of drug-likeness (QED) is 0.622. The molecule has 0 radical (unpaired) electrons. The molecule has 0 spiro atoms. The number of halogens is 1. The lowest BCUT2D eigenvalue weighted by Gasteiger charge is -2.21. The van der Waals surface area contributed by atoms with Gasteiger partial charge in [0.15, 0.2) is 0 Å². The number of fused-ring (bicyclic) bond motifs is 1. The summed E-state index contributed by atoms with van der Waals surface area (Å²) in [5, 5.41) is 12.3. The molecule has 0 unspecified atom stereocenters. The van der Waals surface area contributed by atoms with Gasteiger partial charge in [0.05, 0.1) is 17.4 Å². The highest BCUT2D eigenvalue weighted by molar-refractivity contribution is 6.33. The van der Waals surface area contributed by atoms with Gasteiger partial charge in [-0.3, -0.25) is 14.2 Å². The fourth-order valence-corrected chi connectivity index (χ4v) is 5.02. The number of hydrogen-bond donors (Lipinski definition) is 1. The molecule has 7 nitrogen and oxygen atoms in total. The van der Waals surface area contributed by atoms with Crippen molar-refractivity contribution in [3.8, 4) is 11.1 Å². The third-order valence-corrected chi connectivity index (χ3v) is 6.72. The van der Waals surface area contributed by atoms with Crippen LogP contribution in [0.4, 0.5) is 5.82 Å². The standard InChI is InChI=1S/C24H27ClN6O/c1-24(2)9-21-19(11-28-31(21)14-24)18-8-22(26-12-20(18)25)29-23(32)16-6-4-5-15(7-16)17-10-27-30(3)13-17/h6,8,10-13,15H,4-5,7,9,14H2,1-3H3,(H,26,29,32)/t15-/m0/s1. The third kappa shape index (κ3) is 3.97. The normalized spacial score (nSPS) is 19.5. The van der Waals surface area contributed by atoms with Crippen LogP contribution in [0.1, 0.15) is 50.3 Å². The molecule has 0 aromatic carbocycles. The second-order valence-electron chi connectivity index (χ2n) is 9.66. The summed E-state index contributed by atoms with van der Waals surface area (Å²) >= 11 is 6.50. The number of rotatable bonds is 4. The largest absolute Gasteiger partial charge is 0.307 e. The van der Waals surface area contributed by atoms with Crippen molar-refractivity contribution in [3.63, 3.8) is 0 Å². The lowest BCUT2D eigenvalue weighted by Crippen LogP contribution is -2.19. The molecular weight excluding hydrogens is 424 g/mol. The Balaban J connectivity index is 1.35. The van der Waals surface area contributed by atoms with Gasteiger partial charge in [-0.25, -0.2) is 4.98 Å². The van der Waals surface area contributed by atoms with Crippen LogP contribution in [0.2, 0.25) is 5.02 Å². The number of carbonyl (C=O) groups is 1. The van der Waals surface area contributed by atoms with Crippen molar-refractivity contribution in [2.45, 2.75) is 52.0 Å². The van der Waals surface area contributed by atoms with Crippen LogP contribution in [-0.4, -0.2) is 30.5 Å². The predicted octanol–water partition coefficient (Wildman–Crippen LogP) is 4.75. The molecule has 166 valence electrons. The fraction of sp³-hybridized carbons (Fsp3) is 0.417. The molecule has 32 heavy (non-hydrogen) atoms. The summed E-state index contributed by atoms with van der Waals surface area (Å²) in [6, 6.07) is 1.85. The number of hydrogen-bond acceptors (Lipinski definition) is 4. The van der Waals surface area contributed by atoms with E-state index in [1.165, 1.54) is 11.3 Å². The molecule has 1 aliphatic heterocycles. The fourth-order valence-electron chi connectivity index (χ4n) is 4.81. The maximum Gasteiger partial charge on any atom is 0.252 e. The Morgan fingerprint density at radius 3 is 2.84 bits per heavy atom. The summed E-state index contributed by atoms with van der Waals surface area (Å²) in [7, 11) is 1.91. The van der Waals surface area contributed by atoms with E-state index in [9.17, 15) is 4.79 Å². The zero-order chi connectivity index (χ0) is 22.5. The van der Waals surface area contributed by atoms with E-state index in [0.29, 0.717) is 23.2 Å². The van der Waals surface area contributed by atoms with Crippen LogP contribution < -0.4 is 5.32 Å². The minimum absolute atomic E-state index is 0.110. The van der Waals surface area contributed by atoms with Gasteiger partial charge in [-0.05, 0) is 48.6 Å². The summed E-state index contributed by atoms with van der Waals surface area (Å²) in [6.45, 7) is 5.37. The van der Waals surface area contributed by atoms with E-state index in [2.05, 4.69) is 39.0 Å². The van der Waals surface area contributed by atoms with E-state index < -0.39 is 0 Å². The topological polar surface area (TPSA) is 77.6 Å². The first-order chi connectivity index (χ1) is 15.3. The minimum Gasteiger partial charge on any atom is -0.307 e. The summed E-state index contributed by atoms with van der Waals surface area (Å²) in [5.41, 5.74) is 5.17. The number of nitrogens with zero attached hydrogens (tertiary/aromatic N) is 5. The Kier molecular flexibility index (Phi) is 5.16. The Morgan fingerprint density at radius 1 is 1.22 bits per heavy atom. The molecule has 4 heterocycles. The average Bonchev–Trinajstić information content (AvgIpc) is 3.43. The number of anilines is 1. The Morgan fingerprint density at radius 2 is 2.06 bits per heavy atom. The van der Waals surface area contributed by atoms with Crippen LogP contribution in [0.15, 0.2) is 42.5 Å². The van der Waals surface area contributed by atoms with E-state index in [4.69, 9.17) is 11.6 Å². The number of allylic oxidation sites excluding steroid dienone is 1. The second-order valence-corrected chi connectivity index (χ2v) is 10.1. The molecule has 0 bridgehead atoms. The van der Waals surface area contributed by atoms with E-state index in [1.54, 1.807) is 10.9 Å². The van der Waals surface area contributed by atoms with Crippen molar-refractivity contribution in [2.75, 3.05) is 5.32 Å². The van der Waals surface area contributed by atoms with Gasteiger partial charge in [-0.1, -0.05) is 31.5 Å². The lowest BCUT2D eigenvalue weighted by atomic mass is 9.85. The molecule has 1 atom stereocenters. The molecule has 3 aromatic heterocycles. The number of carbonyl (C=O) groups excluding carboxylic acids is 1. The number of amides is 1. The summed E-state index contributed by atoms with van der Waals surface area (Å²) in [4.78, 5) is 17.4. The summed E-state index contributed by atoms with van der Waals surface area (Å²) in [6.07, 6.45) is 13.0. The van der Waals surface area contributed by atoms with Gasteiger partial charge in [0.25, 0.3) is 5.91 Å². The van der Waals surface area contributed by atoms with Gasteiger partial charge < -0.3 is 5.32 Å². The third-order valence-electron chi connectivity index (χ3n) is 6.42. The predicted molar refractivity (Wildman–Crippen MR) is 124 cm³/mol. The number of aromatic nitrogens is 5. The van der Waals surface area contributed by atoms with Crippen LogP contribution in [0.5, 0.6) is 0 Å². The number of aryl methyl sites for hydroxylation is 1. The Labute approximate surface area is 192 Å². The second kappa shape index (κ2) is 7.89. The Bertz CT molecular complexity index is 1220. The molecule has 0 saturated carbocycles. The first-order valence-electron chi connectivity index (χ1n) is 11.0. The molecule has 3 aromatic rings. The lowest BCUT2D eigenvalue weighted by molar-refractivity contribution is -0.113. The van der Waals surface area contributed by atoms with Crippen molar-refractivity contribution in [1.29, 1.82) is 0 Å². The zero-order valence-electron chi connectivity index (χ0n) is 18.6. The molecule has 2 aliphatic rings. The van der Waals surface area contributed by atoms with Gasteiger partial charge in [0, 0.05) is 48.4 Å². The average molecular weight is 451 g/mol.